The van der Waals surface area contributed by atoms with E-state index >= 15 is 0 Å². The molecule has 1 aromatic carbocycles. The highest BCUT2D eigenvalue weighted by atomic mass is 19.1. The van der Waals surface area contributed by atoms with Gasteiger partial charge in [-0.15, -0.1) is 0 Å². The van der Waals surface area contributed by atoms with Crippen molar-refractivity contribution in [2.75, 3.05) is 20.2 Å². The fourth-order valence-electron chi connectivity index (χ4n) is 2.66. The molecule has 0 aliphatic carbocycles. The van der Waals surface area contributed by atoms with Gasteiger partial charge in [0.25, 0.3) is 0 Å². The second kappa shape index (κ2) is 5.70. The average Bonchev–Trinajstić information content (AvgIpc) is 2.54. The van der Waals surface area contributed by atoms with Crippen LogP contribution < -0.4 is 10.1 Å². The molecule has 1 saturated heterocycles. The van der Waals surface area contributed by atoms with Gasteiger partial charge in [-0.25, -0.2) is 4.39 Å². The molecule has 18 heavy (non-hydrogen) atoms. The zero-order valence-electron chi connectivity index (χ0n) is 11.3. The lowest BCUT2D eigenvalue weighted by molar-refractivity contribution is 0.143. The molecule has 1 unspecified atom stereocenters. The van der Waals surface area contributed by atoms with Crippen molar-refractivity contribution in [1.82, 2.24) is 5.32 Å². The molecule has 1 N–H and O–H groups in total. The molecule has 1 atom stereocenters. The smallest absolute Gasteiger partial charge is 0.122 e. The standard InChI is InChI=1S/C15H22FNO/c1-12-4-5-14(18-2)13(10-12)11-15(16)6-3-8-17-9-7-15/h4-5,10,17H,3,6-9,11H2,1-2H3. The van der Waals surface area contributed by atoms with Crippen molar-refractivity contribution in [3.8, 4) is 5.75 Å². The summed E-state index contributed by atoms with van der Waals surface area (Å²) in [6, 6.07) is 5.98. The summed E-state index contributed by atoms with van der Waals surface area (Å²) >= 11 is 0. The largest absolute Gasteiger partial charge is 0.496 e. The van der Waals surface area contributed by atoms with Gasteiger partial charge in [-0.05, 0) is 50.9 Å². The number of methoxy groups -OCH3 is 1. The van der Waals surface area contributed by atoms with Crippen LogP contribution in [0.3, 0.4) is 0 Å². The Hall–Kier alpha value is -1.09. The molecule has 1 aliphatic heterocycles. The molecule has 100 valence electrons. The molecule has 2 nitrogen and oxygen atoms in total. The number of nitrogens with one attached hydrogen (secondary N) is 1. The van der Waals surface area contributed by atoms with Gasteiger partial charge in [-0.3, -0.25) is 0 Å². The third-order valence-corrected chi connectivity index (χ3v) is 3.67. The summed E-state index contributed by atoms with van der Waals surface area (Å²) in [6.07, 6.45) is 2.59. The topological polar surface area (TPSA) is 21.3 Å². The third kappa shape index (κ3) is 3.22. The van der Waals surface area contributed by atoms with Crippen LogP contribution in [-0.4, -0.2) is 25.9 Å². The molecule has 0 bridgehead atoms. The molecule has 1 aliphatic rings. The van der Waals surface area contributed by atoms with Gasteiger partial charge in [-0.2, -0.15) is 0 Å². The lowest BCUT2D eigenvalue weighted by Crippen LogP contribution is -2.27. The van der Waals surface area contributed by atoms with E-state index in [0.717, 1.165) is 36.4 Å². The first kappa shape index (κ1) is 13.3. The number of hydrogen-bond acceptors (Lipinski definition) is 2. The molecule has 0 amide bonds. The molecular formula is C15H22FNO. The van der Waals surface area contributed by atoms with E-state index in [1.807, 2.05) is 25.1 Å². The Bertz CT molecular complexity index is 397. The van der Waals surface area contributed by atoms with E-state index in [0.29, 0.717) is 19.3 Å². The maximum atomic E-state index is 14.9. The van der Waals surface area contributed by atoms with Crippen LogP contribution in [0, 0.1) is 6.92 Å². The molecule has 1 aromatic rings. The zero-order valence-corrected chi connectivity index (χ0v) is 11.3. The van der Waals surface area contributed by atoms with E-state index in [4.69, 9.17) is 4.74 Å². The molecule has 2 rings (SSSR count). The highest BCUT2D eigenvalue weighted by Crippen LogP contribution is 2.32. The molecule has 0 radical (unpaired) electrons. The summed E-state index contributed by atoms with van der Waals surface area (Å²) in [6.45, 7) is 3.73. The van der Waals surface area contributed by atoms with Crippen LogP contribution in [-0.2, 0) is 6.42 Å². The number of ether oxygens (including phenoxy) is 1. The molecule has 1 heterocycles. The molecule has 0 aromatic heterocycles. The van der Waals surface area contributed by atoms with Gasteiger partial charge in [0.05, 0.1) is 7.11 Å². The van der Waals surface area contributed by atoms with Crippen molar-refractivity contribution >= 4 is 0 Å². The van der Waals surface area contributed by atoms with Crippen molar-refractivity contribution in [1.29, 1.82) is 0 Å². The highest BCUT2D eigenvalue weighted by molar-refractivity contribution is 5.37. The molecule has 3 heteroatoms. The second-order valence-corrected chi connectivity index (χ2v) is 5.25. The number of aryl methyl sites for hydroxylation is 1. The van der Waals surface area contributed by atoms with Crippen LogP contribution in [0.25, 0.3) is 0 Å². The van der Waals surface area contributed by atoms with Gasteiger partial charge < -0.3 is 10.1 Å². The van der Waals surface area contributed by atoms with Crippen LogP contribution >= 0.6 is 0 Å². The van der Waals surface area contributed by atoms with Crippen molar-refractivity contribution in [2.24, 2.45) is 0 Å². The summed E-state index contributed by atoms with van der Waals surface area (Å²) in [5.41, 5.74) is 1.05. The van der Waals surface area contributed by atoms with E-state index in [1.165, 1.54) is 0 Å². The maximum Gasteiger partial charge on any atom is 0.122 e. The first-order chi connectivity index (χ1) is 8.63. The third-order valence-electron chi connectivity index (χ3n) is 3.67. The van der Waals surface area contributed by atoms with E-state index < -0.39 is 5.67 Å². The monoisotopic (exact) mass is 251 g/mol. The zero-order chi connectivity index (χ0) is 13.0. The van der Waals surface area contributed by atoms with Crippen LogP contribution in [0.15, 0.2) is 18.2 Å². The molecule has 0 saturated carbocycles. The van der Waals surface area contributed by atoms with E-state index in [2.05, 4.69) is 5.32 Å². The normalized spacial score (nSPS) is 24.6. The predicted molar refractivity (Wildman–Crippen MR) is 72.0 cm³/mol. The van der Waals surface area contributed by atoms with Crippen LogP contribution in [0.5, 0.6) is 5.75 Å². The van der Waals surface area contributed by atoms with Crippen molar-refractivity contribution in [3.05, 3.63) is 29.3 Å². The van der Waals surface area contributed by atoms with Gasteiger partial charge >= 0.3 is 0 Å². The summed E-state index contributed by atoms with van der Waals surface area (Å²) in [5.74, 6) is 0.801. The quantitative estimate of drug-likeness (QED) is 0.891. The van der Waals surface area contributed by atoms with E-state index in [9.17, 15) is 4.39 Å². The molecule has 0 spiro atoms. The van der Waals surface area contributed by atoms with Gasteiger partial charge in [0, 0.05) is 6.42 Å². The minimum absolute atomic E-state index is 0.458. The fourth-order valence-corrected chi connectivity index (χ4v) is 2.66. The Balaban J connectivity index is 2.18. The maximum absolute atomic E-state index is 14.9. The number of halogens is 1. The summed E-state index contributed by atoms with van der Waals surface area (Å²) < 4.78 is 20.2. The van der Waals surface area contributed by atoms with Crippen molar-refractivity contribution < 1.29 is 9.13 Å². The number of hydrogen-bond donors (Lipinski definition) is 1. The number of benzene rings is 1. The van der Waals surface area contributed by atoms with Gasteiger partial charge in [0.2, 0.25) is 0 Å². The van der Waals surface area contributed by atoms with E-state index in [1.54, 1.807) is 7.11 Å². The Morgan fingerprint density at radius 2 is 2.17 bits per heavy atom. The Morgan fingerprint density at radius 3 is 2.94 bits per heavy atom. The predicted octanol–water partition coefficient (Wildman–Crippen LogP) is 3.03. The van der Waals surface area contributed by atoms with Crippen LogP contribution in [0.1, 0.15) is 30.4 Å². The molecule has 1 fully saturated rings. The van der Waals surface area contributed by atoms with Gasteiger partial charge in [0.15, 0.2) is 0 Å². The van der Waals surface area contributed by atoms with Gasteiger partial charge in [-0.1, -0.05) is 17.7 Å². The van der Waals surface area contributed by atoms with Gasteiger partial charge in [0.1, 0.15) is 11.4 Å². The lowest BCUT2D eigenvalue weighted by Gasteiger charge is -2.24. The van der Waals surface area contributed by atoms with Crippen molar-refractivity contribution in [2.45, 2.75) is 38.3 Å². The summed E-state index contributed by atoms with van der Waals surface area (Å²) in [7, 11) is 1.65. The minimum atomic E-state index is -1.09. The Labute approximate surface area is 109 Å². The van der Waals surface area contributed by atoms with E-state index in [-0.39, 0.29) is 0 Å². The number of alkyl halides is 1. The first-order valence-electron chi connectivity index (χ1n) is 6.66. The van der Waals surface area contributed by atoms with Crippen LogP contribution in [0.2, 0.25) is 0 Å². The SMILES string of the molecule is COc1ccc(C)cc1CC1(F)CCCNCC1. The first-order valence-corrected chi connectivity index (χ1v) is 6.66. The highest BCUT2D eigenvalue weighted by Gasteiger charge is 2.31. The second-order valence-electron chi connectivity index (χ2n) is 5.25. The molecular weight excluding hydrogens is 229 g/mol. The Morgan fingerprint density at radius 1 is 1.33 bits per heavy atom. The van der Waals surface area contributed by atoms with Crippen LogP contribution in [0.4, 0.5) is 4.39 Å². The Kier molecular flexibility index (Phi) is 4.23. The minimum Gasteiger partial charge on any atom is -0.496 e. The lowest BCUT2D eigenvalue weighted by atomic mass is 9.88. The summed E-state index contributed by atoms with van der Waals surface area (Å²) in [4.78, 5) is 0. The fraction of sp³-hybridized carbons (Fsp3) is 0.600. The summed E-state index contributed by atoms with van der Waals surface area (Å²) in [5, 5.41) is 3.26. The average molecular weight is 251 g/mol. The number of rotatable bonds is 3. The van der Waals surface area contributed by atoms with Crippen molar-refractivity contribution in [3.63, 3.8) is 0 Å².